The number of amides is 1. The topological polar surface area (TPSA) is 102 Å². The van der Waals surface area contributed by atoms with Gasteiger partial charge in [-0.15, -0.1) is 0 Å². The zero-order chi connectivity index (χ0) is 25.1. The Morgan fingerprint density at radius 1 is 1.23 bits per heavy atom. The first-order valence-corrected chi connectivity index (χ1v) is 12.5. The van der Waals surface area contributed by atoms with Gasteiger partial charge in [-0.05, 0) is 62.6 Å². The molecule has 2 aromatic carbocycles. The van der Waals surface area contributed by atoms with Crippen molar-refractivity contribution in [2.45, 2.75) is 38.5 Å². The van der Waals surface area contributed by atoms with Crippen LogP contribution in [-0.4, -0.2) is 24.3 Å². The van der Waals surface area contributed by atoms with E-state index in [-0.39, 0.29) is 35.8 Å². The van der Waals surface area contributed by atoms with Crippen LogP contribution >= 0.6 is 27.5 Å². The van der Waals surface area contributed by atoms with Crippen molar-refractivity contribution < 1.29 is 19.1 Å². The van der Waals surface area contributed by atoms with Crippen LogP contribution in [0.2, 0.25) is 5.02 Å². The molecule has 3 aliphatic rings. The number of carbonyl (C=O) groups is 3. The molecule has 0 bridgehead atoms. The smallest absolute Gasteiger partial charge is 0.339 e. The average Bonchev–Trinajstić information content (AvgIpc) is 3.07. The number of hydrogen-bond donors (Lipinski definition) is 2. The van der Waals surface area contributed by atoms with Gasteiger partial charge < -0.3 is 15.8 Å². The summed E-state index contributed by atoms with van der Waals surface area (Å²) in [5.41, 5.74) is 8.25. The summed E-state index contributed by atoms with van der Waals surface area (Å²) >= 11 is 10.1. The molecule has 180 valence electrons. The van der Waals surface area contributed by atoms with Crippen molar-refractivity contribution in [3.63, 3.8) is 0 Å². The van der Waals surface area contributed by atoms with Crippen molar-refractivity contribution >= 4 is 56.6 Å². The van der Waals surface area contributed by atoms with Gasteiger partial charge >= 0.3 is 5.97 Å². The lowest BCUT2D eigenvalue weighted by Crippen LogP contribution is -2.53. The molecule has 0 radical (unpaired) electrons. The number of esters is 1. The molecule has 1 atom stereocenters. The fourth-order valence-corrected chi connectivity index (χ4v) is 6.03. The maximum Gasteiger partial charge on any atom is 0.339 e. The van der Waals surface area contributed by atoms with Crippen molar-refractivity contribution in [1.29, 1.82) is 0 Å². The van der Waals surface area contributed by atoms with Gasteiger partial charge in [0.05, 0.1) is 17.3 Å². The molecule has 2 aliphatic heterocycles. The summed E-state index contributed by atoms with van der Waals surface area (Å²) in [6, 6.07) is 10.7. The van der Waals surface area contributed by atoms with Crippen LogP contribution < -0.4 is 16.0 Å². The number of ether oxygens (including phenoxy) is 1. The molecule has 1 spiro atoms. The van der Waals surface area contributed by atoms with E-state index in [1.54, 1.807) is 42.2 Å². The largest absolute Gasteiger partial charge is 0.462 e. The van der Waals surface area contributed by atoms with Gasteiger partial charge in [0.2, 0.25) is 5.91 Å². The minimum Gasteiger partial charge on any atom is -0.462 e. The van der Waals surface area contributed by atoms with Crippen LogP contribution in [0.5, 0.6) is 0 Å². The molecule has 1 amide bonds. The van der Waals surface area contributed by atoms with Gasteiger partial charge in [0, 0.05) is 33.4 Å². The number of allylic oxidation sites excluding steroid dienone is 1. The zero-order valence-electron chi connectivity index (χ0n) is 19.2. The van der Waals surface area contributed by atoms with Crippen LogP contribution in [0.1, 0.15) is 37.3 Å². The Balaban J connectivity index is 1.92. The van der Waals surface area contributed by atoms with Crippen molar-refractivity contribution in [3.8, 4) is 0 Å². The monoisotopic (exact) mass is 555 g/mol. The van der Waals surface area contributed by atoms with Crippen LogP contribution in [0.3, 0.4) is 0 Å². The minimum absolute atomic E-state index is 0.0191. The molecule has 2 aromatic rings. The number of nitrogens with two attached hydrogens (primary N) is 1. The van der Waals surface area contributed by atoms with E-state index in [0.717, 1.165) is 5.56 Å². The van der Waals surface area contributed by atoms with Gasteiger partial charge in [0.1, 0.15) is 16.8 Å². The molecule has 3 N–H and O–H groups in total. The fourth-order valence-electron chi connectivity index (χ4n) is 5.35. The third-order valence-corrected chi connectivity index (χ3v) is 7.50. The number of nitrogens with one attached hydrogen (secondary N) is 1. The Labute approximate surface area is 216 Å². The molecule has 2 heterocycles. The van der Waals surface area contributed by atoms with Crippen LogP contribution in [0.15, 0.2) is 63.5 Å². The number of benzene rings is 2. The number of halogens is 2. The summed E-state index contributed by atoms with van der Waals surface area (Å²) in [7, 11) is 0. The average molecular weight is 557 g/mol. The molecular weight excluding hydrogens is 534 g/mol. The third-order valence-electron chi connectivity index (χ3n) is 6.70. The van der Waals surface area contributed by atoms with Gasteiger partial charge in [-0.3, -0.25) is 14.5 Å². The highest BCUT2D eigenvalue weighted by Crippen LogP contribution is 2.56. The highest BCUT2D eigenvalue weighted by Gasteiger charge is 2.62. The lowest BCUT2D eigenvalue weighted by Gasteiger charge is -2.44. The second kappa shape index (κ2) is 8.53. The van der Waals surface area contributed by atoms with Crippen LogP contribution in [-0.2, 0) is 24.5 Å². The Morgan fingerprint density at radius 3 is 2.71 bits per heavy atom. The van der Waals surface area contributed by atoms with E-state index >= 15 is 0 Å². The Morgan fingerprint density at radius 2 is 2.00 bits per heavy atom. The maximum absolute atomic E-state index is 13.9. The number of hydrogen-bond acceptors (Lipinski definition) is 6. The van der Waals surface area contributed by atoms with Gasteiger partial charge in [-0.2, -0.15) is 0 Å². The molecular formula is C26H23BrClN3O4. The second-order valence-electron chi connectivity index (χ2n) is 8.76. The summed E-state index contributed by atoms with van der Waals surface area (Å²) in [5, 5.41) is 3.28. The van der Waals surface area contributed by atoms with Crippen LogP contribution in [0.25, 0.3) is 0 Å². The number of nitrogens with zero attached hydrogens (tertiary/aromatic N) is 1. The maximum atomic E-state index is 13.9. The number of anilines is 2. The molecule has 0 fully saturated rings. The quantitative estimate of drug-likeness (QED) is 0.524. The highest BCUT2D eigenvalue weighted by molar-refractivity contribution is 9.10. The van der Waals surface area contributed by atoms with E-state index < -0.39 is 17.3 Å². The standard InChI is InChI=1S/C26H23BrClN3O4/c1-3-35-24(33)22-23(29)31(18-10-7-13(2)11-16(18)28)19-5-4-6-20(32)21(19)26(22)15-12-14(27)8-9-17(15)30-25(26)34/h7-12H,3-6,29H2,1-2H3,(H,30,34). The first-order valence-electron chi connectivity index (χ1n) is 11.3. The SMILES string of the molecule is CCOC(=O)C1=C(N)N(c2ccc(C)cc2Cl)C2=C(C(=O)CCC2)C12C(=O)Nc1ccc(Br)cc12. The number of fused-ring (bicyclic) bond motifs is 3. The third kappa shape index (κ3) is 3.34. The van der Waals surface area contributed by atoms with Crippen molar-refractivity contribution in [3.05, 3.63) is 79.7 Å². The van der Waals surface area contributed by atoms with E-state index in [0.29, 0.717) is 45.0 Å². The Bertz CT molecular complexity index is 1380. The van der Waals surface area contributed by atoms with E-state index in [4.69, 9.17) is 22.1 Å². The fraction of sp³-hybridized carbons (Fsp3) is 0.269. The first kappa shape index (κ1) is 23.6. The van der Waals surface area contributed by atoms with Crippen molar-refractivity contribution in [2.24, 2.45) is 5.73 Å². The normalized spacial score (nSPS) is 21.3. The summed E-state index contributed by atoms with van der Waals surface area (Å²) in [5.74, 6) is -1.46. The summed E-state index contributed by atoms with van der Waals surface area (Å²) in [6.07, 6.45) is 1.33. The summed E-state index contributed by atoms with van der Waals surface area (Å²) in [6.45, 7) is 3.66. The number of carbonyl (C=O) groups excluding carboxylic acids is 3. The highest BCUT2D eigenvalue weighted by atomic mass is 79.9. The predicted molar refractivity (Wildman–Crippen MR) is 137 cm³/mol. The summed E-state index contributed by atoms with van der Waals surface area (Å²) in [4.78, 5) is 42.7. The van der Waals surface area contributed by atoms with E-state index in [2.05, 4.69) is 21.2 Å². The Hall–Kier alpha value is -3.10. The van der Waals surface area contributed by atoms with E-state index in [1.807, 2.05) is 13.0 Å². The molecule has 0 aromatic heterocycles. The Kier molecular flexibility index (Phi) is 5.76. The van der Waals surface area contributed by atoms with Gasteiger partial charge in [0.15, 0.2) is 5.78 Å². The number of rotatable bonds is 3. The van der Waals surface area contributed by atoms with E-state index in [9.17, 15) is 14.4 Å². The second-order valence-corrected chi connectivity index (χ2v) is 10.1. The molecule has 1 aliphatic carbocycles. The first-order chi connectivity index (χ1) is 16.7. The number of ketones is 1. The molecule has 35 heavy (non-hydrogen) atoms. The molecule has 1 unspecified atom stereocenters. The minimum atomic E-state index is -1.73. The zero-order valence-corrected chi connectivity index (χ0v) is 21.5. The molecule has 7 nitrogen and oxygen atoms in total. The van der Waals surface area contributed by atoms with E-state index in [1.165, 1.54) is 0 Å². The van der Waals surface area contributed by atoms with Crippen molar-refractivity contribution in [2.75, 3.05) is 16.8 Å². The number of Topliss-reactive ketones (excluding diaryl/α,β-unsaturated/α-hetero) is 1. The van der Waals surface area contributed by atoms with Crippen LogP contribution in [0, 0.1) is 6.92 Å². The lowest BCUT2D eigenvalue weighted by molar-refractivity contribution is -0.140. The molecule has 0 saturated carbocycles. The predicted octanol–water partition coefficient (Wildman–Crippen LogP) is 4.86. The van der Waals surface area contributed by atoms with Crippen LogP contribution in [0.4, 0.5) is 11.4 Å². The van der Waals surface area contributed by atoms with Gasteiger partial charge in [-0.25, -0.2) is 4.79 Å². The number of aryl methyl sites for hydroxylation is 1. The molecule has 0 saturated heterocycles. The van der Waals surface area contributed by atoms with Gasteiger partial charge in [0.25, 0.3) is 0 Å². The molecule has 5 rings (SSSR count). The molecule has 9 heteroatoms. The summed E-state index contributed by atoms with van der Waals surface area (Å²) < 4.78 is 6.12. The lowest BCUT2D eigenvalue weighted by atomic mass is 9.63. The van der Waals surface area contributed by atoms with Crippen molar-refractivity contribution in [1.82, 2.24) is 0 Å². The van der Waals surface area contributed by atoms with Gasteiger partial charge in [-0.1, -0.05) is 33.6 Å².